The molecule has 3 heteroatoms. The van der Waals surface area contributed by atoms with Crippen LogP contribution in [0.2, 0.25) is 0 Å². The molecule has 1 aromatic rings. The number of ether oxygens (including phenoxy) is 1. The lowest BCUT2D eigenvalue weighted by Gasteiger charge is -2.16. The first-order valence-electron chi connectivity index (χ1n) is 5.66. The average Bonchev–Trinajstić information content (AvgIpc) is 2.28. The first-order chi connectivity index (χ1) is 7.72. The number of thioether (sulfide) groups is 1. The van der Waals surface area contributed by atoms with E-state index in [0.29, 0.717) is 11.3 Å². The molecule has 0 aromatic heterocycles. The zero-order valence-electron chi connectivity index (χ0n) is 10.3. The predicted octanol–water partition coefficient (Wildman–Crippen LogP) is 2.79. The Morgan fingerprint density at radius 1 is 1.25 bits per heavy atom. The van der Waals surface area contributed by atoms with Crippen LogP contribution in [0, 0.1) is 0 Å². The van der Waals surface area contributed by atoms with Gasteiger partial charge in [0.15, 0.2) is 0 Å². The zero-order valence-corrected chi connectivity index (χ0v) is 11.1. The lowest BCUT2D eigenvalue weighted by Crippen LogP contribution is -2.34. The fourth-order valence-electron chi connectivity index (χ4n) is 1.45. The Labute approximate surface area is 103 Å². The molecule has 0 bridgehead atoms. The Balaban J connectivity index is 2.23. The van der Waals surface area contributed by atoms with Crippen LogP contribution in [0.25, 0.3) is 0 Å². The van der Waals surface area contributed by atoms with Gasteiger partial charge in [0.2, 0.25) is 0 Å². The van der Waals surface area contributed by atoms with Crippen molar-refractivity contribution >= 4 is 11.8 Å². The maximum Gasteiger partial charge on any atom is 0.0613 e. The molecule has 2 nitrogen and oxygen atoms in total. The van der Waals surface area contributed by atoms with Crippen molar-refractivity contribution in [2.45, 2.75) is 30.0 Å². The first-order valence-corrected chi connectivity index (χ1v) is 6.54. The molecule has 1 aromatic carbocycles. The molecule has 0 aliphatic carbocycles. The minimum absolute atomic E-state index is 0.420. The predicted molar refractivity (Wildman–Crippen MR) is 71.1 cm³/mol. The summed E-state index contributed by atoms with van der Waals surface area (Å²) in [6.45, 7) is 6.15. The molecule has 0 aliphatic rings. The van der Waals surface area contributed by atoms with Crippen molar-refractivity contribution in [2.75, 3.05) is 20.3 Å². The van der Waals surface area contributed by atoms with E-state index >= 15 is 0 Å². The highest BCUT2D eigenvalue weighted by Gasteiger charge is 2.06. The van der Waals surface area contributed by atoms with E-state index in [4.69, 9.17) is 4.74 Å². The molecular weight excluding hydrogens is 218 g/mol. The van der Waals surface area contributed by atoms with Gasteiger partial charge in [0.1, 0.15) is 0 Å². The maximum absolute atomic E-state index is 5.08. The van der Waals surface area contributed by atoms with Gasteiger partial charge in [-0.05, 0) is 19.1 Å². The number of benzene rings is 1. The van der Waals surface area contributed by atoms with Crippen molar-refractivity contribution in [1.29, 1.82) is 0 Å². The second-order valence-corrected chi connectivity index (χ2v) is 5.52. The van der Waals surface area contributed by atoms with Crippen LogP contribution >= 0.6 is 11.8 Å². The monoisotopic (exact) mass is 239 g/mol. The molecule has 0 fully saturated rings. The molecule has 0 saturated carbocycles. The summed E-state index contributed by atoms with van der Waals surface area (Å²) in [6.07, 6.45) is 0. The van der Waals surface area contributed by atoms with Gasteiger partial charge >= 0.3 is 0 Å². The van der Waals surface area contributed by atoms with Gasteiger partial charge in [-0.2, -0.15) is 0 Å². The van der Waals surface area contributed by atoms with Crippen LogP contribution in [-0.4, -0.2) is 31.6 Å². The van der Waals surface area contributed by atoms with Gasteiger partial charge in [0.25, 0.3) is 0 Å². The Morgan fingerprint density at radius 3 is 2.56 bits per heavy atom. The largest absolute Gasteiger partial charge is 0.383 e. The average molecular weight is 239 g/mol. The van der Waals surface area contributed by atoms with E-state index in [2.05, 4.69) is 43.4 Å². The van der Waals surface area contributed by atoms with Crippen molar-refractivity contribution in [2.24, 2.45) is 0 Å². The van der Waals surface area contributed by atoms with E-state index in [1.807, 2.05) is 17.8 Å². The summed E-state index contributed by atoms with van der Waals surface area (Å²) in [5.74, 6) is 0. The van der Waals surface area contributed by atoms with Crippen molar-refractivity contribution < 1.29 is 4.74 Å². The fraction of sp³-hybridized carbons (Fsp3) is 0.538. The minimum atomic E-state index is 0.420. The van der Waals surface area contributed by atoms with Gasteiger partial charge < -0.3 is 10.1 Å². The Hall–Kier alpha value is -0.510. The Bertz CT molecular complexity index is 279. The van der Waals surface area contributed by atoms with Crippen LogP contribution in [0.4, 0.5) is 0 Å². The highest BCUT2D eigenvalue weighted by atomic mass is 32.2. The quantitative estimate of drug-likeness (QED) is 0.739. The Morgan fingerprint density at radius 2 is 1.94 bits per heavy atom. The second-order valence-electron chi connectivity index (χ2n) is 4.01. The molecule has 0 amide bonds. The molecule has 0 saturated heterocycles. The fourth-order valence-corrected chi connectivity index (χ4v) is 2.41. The number of nitrogens with one attached hydrogen (secondary N) is 1. The second kappa shape index (κ2) is 7.71. The van der Waals surface area contributed by atoms with Crippen LogP contribution in [-0.2, 0) is 4.74 Å². The third-order valence-corrected chi connectivity index (χ3v) is 3.36. The highest BCUT2D eigenvalue weighted by molar-refractivity contribution is 8.00. The zero-order chi connectivity index (χ0) is 11.8. The number of methoxy groups -OCH3 is 1. The standard InChI is InChI=1S/C13H21NOS/c1-11(10-15-3)14-9-12(2)16-13-7-5-4-6-8-13/h4-8,11-12,14H,9-10H2,1-3H3. The Kier molecular flexibility index (Phi) is 6.53. The molecule has 0 radical (unpaired) electrons. The lowest BCUT2D eigenvalue weighted by molar-refractivity contribution is 0.172. The van der Waals surface area contributed by atoms with Gasteiger partial charge in [-0.1, -0.05) is 25.1 Å². The maximum atomic E-state index is 5.08. The van der Waals surface area contributed by atoms with E-state index in [9.17, 15) is 0 Å². The SMILES string of the molecule is COCC(C)NCC(C)Sc1ccccc1. The van der Waals surface area contributed by atoms with Crippen LogP contribution in [0.5, 0.6) is 0 Å². The van der Waals surface area contributed by atoms with E-state index < -0.39 is 0 Å². The van der Waals surface area contributed by atoms with E-state index in [1.54, 1.807) is 7.11 Å². The van der Waals surface area contributed by atoms with Crippen molar-refractivity contribution in [3.05, 3.63) is 30.3 Å². The molecule has 2 unspecified atom stereocenters. The topological polar surface area (TPSA) is 21.3 Å². The summed E-state index contributed by atoms with van der Waals surface area (Å²) in [6, 6.07) is 10.9. The van der Waals surface area contributed by atoms with Gasteiger partial charge in [-0.3, -0.25) is 0 Å². The molecule has 90 valence electrons. The van der Waals surface area contributed by atoms with Gasteiger partial charge in [0.05, 0.1) is 6.61 Å². The van der Waals surface area contributed by atoms with E-state index in [0.717, 1.165) is 13.2 Å². The van der Waals surface area contributed by atoms with E-state index in [1.165, 1.54) is 4.90 Å². The highest BCUT2D eigenvalue weighted by Crippen LogP contribution is 2.21. The van der Waals surface area contributed by atoms with Crippen molar-refractivity contribution in [3.8, 4) is 0 Å². The van der Waals surface area contributed by atoms with Crippen LogP contribution in [0.3, 0.4) is 0 Å². The third kappa shape index (κ3) is 5.54. The third-order valence-electron chi connectivity index (χ3n) is 2.25. The van der Waals surface area contributed by atoms with Gasteiger partial charge in [0, 0.05) is 29.8 Å². The molecule has 1 rings (SSSR count). The summed E-state index contributed by atoms with van der Waals surface area (Å²) in [5.41, 5.74) is 0. The summed E-state index contributed by atoms with van der Waals surface area (Å²) < 4.78 is 5.08. The molecule has 2 atom stereocenters. The number of hydrogen-bond donors (Lipinski definition) is 1. The van der Waals surface area contributed by atoms with Crippen LogP contribution < -0.4 is 5.32 Å². The molecule has 16 heavy (non-hydrogen) atoms. The molecular formula is C13H21NOS. The molecule has 1 N–H and O–H groups in total. The molecule has 0 spiro atoms. The lowest BCUT2D eigenvalue weighted by atomic mass is 10.3. The molecule has 0 aliphatic heterocycles. The normalized spacial score (nSPS) is 14.7. The smallest absolute Gasteiger partial charge is 0.0613 e. The number of rotatable bonds is 7. The summed E-state index contributed by atoms with van der Waals surface area (Å²) in [5, 5.41) is 4.03. The molecule has 0 heterocycles. The van der Waals surface area contributed by atoms with Crippen LogP contribution in [0.15, 0.2) is 35.2 Å². The van der Waals surface area contributed by atoms with Gasteiger partial charge in [-0.15, -0.1) is 11.8 Å². The first kappa shape index (κ1) is 13.6. The summed E-state index contributed by atoms with van der Waals surface area (Å²) >= 11 is 1.90. The minimum Gasteiger partial charge on any atom is -0.383 e. The van der Waals surface area contributed by atoms with E-state index in [-0.39, 0.29) is 0 Å². The summed E-state index contributed by atoms with van der Waals surface area (Å²) in [4.78, 5) is 1.33. The van der Waals surface area contributed by atoms with Gasteiger partial charge in [-0.25, -0.2) is 0 Å². The van der Waals surface area contributed by atoms with Crippen molar-refractivity contribution in [1.82, 2.24) is 5.32 Å². The number of hydrogen-bond acceptors (Lipinski definition) is 3. The van der Waals surface area contributed by atoms with Crippen LogP contribution in [0.1, 0.15) is 13.8 Å². The van der Waals surface area contributed by atoms with Crippen molar-refractivity contribution in [3.63, 3.8) is 0 Å². The summed E-state index contributed by atoms with van der Waals surface area (Å²) in [7, 11) is 1.74.